The van der Waals surface area contributed by atoms with Crippen molar-refractivity contribution in [1.82, 2.24) is 0 Å². The van der Waals surface area contributed by atoms with Crippen molar-refractivity contribution in [2.45, 2.75) is 12.8 Å². The molecule has 1 aromatic carbocycles. The topological polar surface area (TPSA) is 23.5 Å². The summed E-state index contributed by atoms with van der Waals surface area (Å²) in [7, 11) is 0. The number of benzene rings is 1. The van der Waals surface area contributed by atoms with Gasteiger partial charge in [0.05, 0.1) is 4.47 Å². The molecule has 1 heterocycles. The van der Waals surface area contributed by atoms with Gasteiger partial charge in [0.15, 0.2) is 5.75 Å². The van der Waals surface area contributed by atoms with Crippen LogP contribution >= 0.6 is 15.9 Å². The van der Waals surface area contributed by atoms with Crippen LogP contribution in [0.4, 0.5) is 10.1 Å². The molecule has 2 nitrogen and oxygen atoms in total. The quantitative estimate of drug-likeness (QED) is 0.839. The highest BCUT2D eigenvalue weighted by molar-refractivity contribution is 9.10. The van der Waals surface area contributed by atoms with Crippen LogP contribution in [0, 0.1) is 5.82 Å². The van der Waals surface area contributed by atoms with Crippen molar-refractivity contribution in [3.63, 3.8) is 0 Å². The molecule has 0 bridgehead atoms. The minimum Gasteiger partial charge on any atom is -0.505 e. The van der Waals surface area contributed by atoms with Gasteiger partial charge in [-0.1, -0.05) is 0 Å². The molecule has 0 aliphatic carbocycles. The van der Waals surface area contributed by atoms with Gasteiger partial charge in [0.2, 0.25) is 0 Å². The molecule has 14 heavy (non-hydrogen) atoms. The first-order chi connectivity index (χ1) is 6.70. The highest BCUT2D eigenvalue weighted by Gasteiger charge is 2.20. The number of anilines is 1. The summed E-state index contributed by atoms with van der Waals surface area (Å²) >= 11 is 3.18. The summed E-state index contributed by atoms with van der Waals surface area (Å²) in [4.78, 5) is 1.88. The van der Waals surface area contributed by atoms with Gasteiger partial charge >= 0.3 is 0 Å². The van der Waals surface area contributed by atoms with Gasteiger partial charge in [-0.05, 0) is 40.9 Å². The van der Waals surface area contributed by atoms with E-state index in [2.05, 4.69) is 15.9 Å². The van der Waals surface area contributed by atoms with Crippen molar-refractivity contribution in [1.29, 1.82) is 0 Å². The molecule has 76 valence electrons. The highest BCUT2D eigenvalue weighted by Crippen LogP contribution is 2.38. The fraction of sp³-hybridized carbons (Fsp3) is 0.400. The first kappa shape index (κ1) is 9.77. The molecule has 1 aliphatic heterocycles. The number of halogens is 2. The summed E-state index contributed by atoms with van der Waals surface area (Å²) in [5.41, 5.74) is 0.330. The fourth-order valence-electron chi connectivity index (χ4n) is 1.77. The van der Waals surface area contributed by atoms with E-state index in [-0.39, 0.29) is 11.6 Å². The molecule has 2 rings (SSSR count). The zero-order valence-corrected chi connectivity index (χ0v) is 9.22. The number of aromatic hydroxyl groups is 1. The van der Waals surface area contributed by atoms with E-state index in [4.69, 9.17) is 0 Å². The number of hydrogen-bond acceptors (Lipinski definition) is 2. The van der Waals surface area contributed by atoms with Crippen molar-refractivity contribution in [3.8, 4) is 5.75 Å². The van der Waals surface area contributed by atoms with Crippen LogP contribution < -0.4 is 4.90 Å². The van der Waals surface area contributed by atoms with Gasteiger partial charge in [-0.2, -0.15) is 0 Å². The number of phenolic OH excluding ortho intramolecular Hbond substituents is 1. The van der Waals surface area contributed by atoms with Crippen LogP contribution in [0.3, 0.4) is 0 Å². The van der Waals surface area contributed by atoms with E-state index in [1.165, 1.54) is 12.1 Å². The Bertz CT molecular complexity index is 350. The van der Waals surface area contributed by atoms with E-state index in [9.17, 15) is 9.50 Å². The SMILES string of the molecule is Oc1c(Br)ccc(F)c1N1CCCC1. The number of rotatable bonds is 1. The lowest BCUT2D eigenvalue weighted by molar-refractivity contribution is 0.465. The van der Waals surface area contributed by atoms with Crippen LogP contribution in [0.1, 0.15) is 12.8 Å². The lowest BCUT2D eigenvalue weighted by Crippen LogP contribution is -2.19. The van der Waals surface area contributed by atoms with Crippen LogP contribution in [0.15, 0.2) is 16.6 Å². The van der Waals surface area contributed by atoms with Crippen LogP contribution in [0.25, 0.3) is 0 Å². The van der Waals surface area contributed by atoms with E-state index in [1.54, 1.807) is 0 Å². The van der Waals surface area contributed by atoms with Crippen LogP contribution in [-0.4, -0.2) is 18.2 Å². The summed E-state index contributed by atoms with van der Waals surface area (Å²) < 4.78 is 14.0. The number of nitrogens with zero attached hydrogens (tertiary/aromatic N) is 1. The summed E-state index contributed by atoms with van der Waals surface area (Å²) in [6.07, 6.45) is 2.12. The minimum absolute atomic E-state index is 0.00639. The molecule has 0 aromatic heterocycles. The van der Waals surface area contributed by atoms with Crippen LogP contribution in [-0.2, 0) is 0 Å². The molecule has 1 fully saturated rings. The molecule has 0 spiro atoms. The fourth-order valence-corrected chi connectivity index (χ4v) is 2.09. The predicted molar refractivity (Wildman–Crippen MR) is 57.2 cm³/mol. The molecule has 1 aromatic rings. The summed E-state index contributed by atoms with van der Waals surface area (Å²) in [6.45, 7) is 1.64. The van der Waals surface area contributed by atoms with Gasteiger partial charge in [0.1, 0.15) is 11.5 Å². The first-order valence-electron chi connectivity index (χ1n) is 4.62. The van der Waals surface area contributed by atoms with Crippen molar-refractivity contribution >= 4 is 21.6 Å². The third-order valence-corrected chi connectivity index (χ3v) is 3.11. The first-order valence-corrected chi connectivity index (χ1v) is 5.41. The molecular formula is C10H11BrFNO. The normalized spacial score (nSPS) is 16.3. The van der Waals surface area contributed by atoms with Gasteiger partial charge in [0.25, 0.3) is 0 Å². The third-order valence-electron chi connectivity index (χ3n) is 2.48. The largest absolute Gasteiger partial charge is 0.505 e. The third kappa shape index (κ3) is 1.59. The molecule has 1 aliphatic rings. The van der Waals surface area contributed by atoms with E-state index in [0.717, 1.165) is 25.9 Å². The Labute approximate surface area is 90.5 Å². The molecule has 0 radical (unpaired) electrons. The number of hydrogen-bond donors (Lipinski definition) is 1. The Balaban J connectivity index is 2.44. The second-order valence-corrected chi connectivity index (χ2v) is 4.27. The van der Waals surface area contributed by atoms with Crippen molar-refractivity contribution in [2.24, 2.45) is 0 Å². The maximum Gasteiger partial charge on any atom is 0.156 e. The smallest absolute Gasteiger partial charge is 0.156 e. The Morgan fingerprint density at radius 3 is 2.57 bits per heavy atom. The van der Waals surface area contributed by atoms with E-state index in [1.807, 2.05) is 4.90 Å². The zero-order chi connectivity index (χ0) is 10.1. The minimum atomic E-state index is -0.354. The van der Waals surface area contributed by atoms with Gasteiger partial charge in [-0.15, -0.1) is 0 Å². The lowest BCUT2D eigenvalue weighted by Gasteiger charge is -2.19. The second kappa shape index (κ2) is 3.77. The molecule has 1 N–H and O–H groups in total. The standard InChI is InChI=1S/C10H11BrFNO/c11-7-3-4-8(12)9(10(7)14)13-5-1-2-6-13/h3-4,14H,1-2,5-6H2. The summed E-state index contributed by atoms with van der Waals surface area (Å²) in [5.74, 6) is -0.348. The van der Waals surface area contributed by atoms with Gasteiger partial charge in [-0.3, -0.25) is 0 Å². The van der Waals surface area contributed by atoms with E-state index in [0.29, 0.717) is 10.2 Å². The average molecular weight is 260 g/mol. The second-order valence-electron chi connectivity index (χ2n) is 3.42. The molecule has 1 saturated heterocycles. The van der Waals surface area contributed by atoms with Gasteiger partial charge in [0, 0.05) is 13.1 Å². The van der Waals surface area contributed by atoms with E-state index < -0.39 is 0 Å². The Morgan fingerprint density at radius 2 is 1.93 bits per heavy atom. The Morgan fingerprint density at radius 1 is 1.29 bits per heavy atom. The maximum absolute atomic E-state index is 13.5. The predicted octanol–water partition coefficient (Wildman–Crippen LogP) is 2.89. The Hall–Kier alpha value is -0.770. The highest BCUT2D eigenvalue weighted by atomic mass is 79.9. The maximum atomic E-state index is 13.5. The number of phenols is 1. The van der Waals surface area contributed by atoms with Crippen molar-refractivity contribution in [2.75, 3.05) is 18.0 Å². The Kier molecular flexibility index (Phi) is 2.63. The lowest BCUT2D eigenvalue weighted by atomic mass is 10.2. The molecule has 0 amide bonds. The summed E-state index contributed by atoms with van der Waals surface area (Å²) in [6, 6.07) is 2.89. The van der Waals surface area contributed by atoms with Gasteiger partial charge < -0.3 is 10.0 Å². The molecule has 0 saturated carbocycles. The van der Waals surface area contributed by atoms with Crippen LogP contribution in [0.2, 0.25) is 0 Å². The van der Waals surface area contributed by atoms with E-state index >= 15 is 0 Å². The molecular weight excluding hydrogens is 249 g/mol. The molecule has 4 heteroatoms. The monoisotopic (exact) mass is 259 g/mol. The summed E-state index contributed by atoms with van der Waals surface area (Å²) in [5, 5.41) is 9.71. The zero-order valence-electron chi connectivity index (χ0n) is 7.63. The average Bonchev–Trinajstić information content (AvgIpc) is 2.65. The van der Waals surface area contributed by atoms with Crippen LogP contribution in [0.5, 0.6) is 5.75 Å². The molecule has 0 atom stereocenters. The molecule has 0 unspecified atom stereocenters. The van der Waals surface area contributed by atoms with Crippen molar-refractivity contribution < 1.29 is 9.50 Å². The van der Waals surface area contributed by atoms with Gasteiger partial charge in [-0.25, -0.2) is 4.39 Å². The van der Waals surface area contributed by atoms with Crippen molar-refractivity contribution in [3.05, 3.63) is 22.4 Å².